The number of hydrogen-bond acceptors (Lipinski definition) is 4. The lowest BCUT2D eigenvalue weighted by Crippen LogP contribution is -2.11. The molecule has 0 aliphatic heterocycles. The summed E-state index contributed by atoms with van der Waals surface area (Å²) in [4.78, 5) is 18.7. The molecular weight excluding hydrogens is 347 g/mol. The van der Waals surface area contributed by atoms with Gasteiger partial charge in [0.1, 0.15) is 0 Å². The van der Waals surface area contributed by atoms with Crippen LogP contribution in [0.25, 0.3) is 17.1 Å². The van der Waals surface area contributed by atoms with Gasteiger partial charge < -0.3 is 5.32 Å². The molecule has 1 amide bonds. The van der Waals surface area contributed by atoms with Gasteiger partial charge in [-0.1, -0.05) is 18.5 Å². The van der Waals surface area contributed by atoms with E-state index in [1.807, 2.05) is 6.07 Å². The van der Waals surface area contributed by atoms with Gasteiger partial charge in [-0.25, -0.2) is 14.1 Å². The fourth-order valence-corrected chi connectivity index (χ4v) is 2.56. The zero-order valence-electron chi connectivity index (χ0n) is 12.4. The molecule has 3 aromatic heterocycles. The summed E-state index contributed by atoms with van der Waals surface area (Å²) in [6, 6.07) is 8.60. The van der Waals surface area contributed by atoms with Gasteiger partial charge in [0.05, 0.1) is 23.3 Å². The predicted octanol–water partition coefficient (Wildman–Crippen LogP) is 2.73. The average Bonchev–Trinajstić information content (AvgIpc) is 3.02. The first kappa shape index (κ1) is 16.6. The standard InChI is InChI=1S/C15H14FN5OP2/c16-15(23,24)13-6-12(10-2-1-5-17-7-10)20-21(13)14-4-3-11(8-18-14)19-9-22/h1-9H,23-24H2,(H,19,22). The molecule has 0 aliphatic carbocycles. The maximum atomic E-state index is 14.6. The van der Waals surface area contributed by atoms with E-state index in [1.165, 1.54) is 10.9 Å². The topological polar surface area (TPSA) is 72.7 Å². The van der Waals surface area contributed by atoms with E-state index in [0.717, 1.165) is 5.56 Å². The molecule has 0 aliphatic rings. The Bertz CT molecular complexity index is 847. The highest BCUT2D eigenvalue weighted by Crippen LogP contribution is 2.42. The van der Waals surface area contributed by atoms with Crippen molar-refractivity contribution in [1.29, 1.82) is 0 Å². The van der Waals surface area contributed by atoms with Crippen molar-refractivity contribution in [2.75, 3.05) is 5.32 Å². The maximum Gasteiger partial charge on any atom is 0.211 e. The number of hydrogen-bond donors (Lipinski definition) is 1. The van der Waals surface area contributed by atoms with Crippen LogP contribution in [0.15, 0.2) is 48.9 Å². The summed E-state index contributed by atoms with van der Waals surface area (Å²) in [5.74, 6) is 0.434. The normalized spacial score (nSPS) is 11.3. The minimum absolute atomic E-state index is 0.306. The first-order valence-electron chi connectivity index (χ1n) is 6.93. The lowest BCUT2D eigenvalue weighted by Gasteiger charge is -2.15. The molecule has 0 spiro atoms. The monoisotopic (exact) mass is 361 g/mol. The molecule has 2 unspecified atom stereocenters. The molecule has 3 heterocycles. The number of nitrogens with one attached hydrogen (secondary N) is 1. The Hall–Kier alpha value is -2.23. The zero-order valence-corrected chi connectivity index (χ0v) is 14.7. The van der Waals surface area contributed by atoms with Crippen molar-refractivity contribution in [3.05, 3.63) is 54.6 Å². The molecule has 24 heavy (non-hydrogen) atoms. The number of nitrogens with zero attached hydrogens (tertiary/aromatic N) is 4. The Morgan fingerprint density at radius 2 is 2.08 bits per heavy atom. The highest BCUT2D eigenvalue weighted by molar-refractivity contribution is 7.38. The van der Waals surface area contributed by atoms with Crippen LogP contribution in [-0.2, 0) is 9.95 Å². The molecule has 3 rings (SSSR count). The van der Waals surface area contributed by atoms with Gasteiger partial charge in [-0.3, -0.25) is 9.78 Å². The number of carbonyl (C=O) groups is 1. The van der Waals surface area contributed by atoms with E-state index >= 15 is 0 Å². The number of pyridine rings is 2. The fraction of sp³-hybridized carbons (Fsp3) is 0.0667. The van der Waals surface area contributed by atoms with Crippen LogP contribution in [-0.4, -0.2) is 26.2 Å². The summed E-state index contributed by atoms with van der Waals surface area (Å²) in [5, 5.41) is 5.18. The van der Waals surface area contributed by atoms with Crippen LogP contribution >= 0.6 is 18.5 Å². The third-order valence-corrected chi connectivity index (χ3v) is 3.84. The first-order chi connectivity index (χ1) is 11.5. The number of alkyl halides is 1. The Kier molecular flexibility index (Phi) is 4.65. The molecule has 0 bridgehead atoms. The number of halogens is 1. The van der Waals surface area contributed by atoms with Crippen molar-refractivity contribution in [3.63, 3.8) is 0 Å². The van der Waals surface area contributed by atoms with E-state index in [9.17, 15) is 9.18 Å². The fourth-order valence-electron chi connectivity index (χ4n) is 2.15. The van der Waals surface area contributed by atoms with Crippen LogP contribution in [0.1, 0.15) is 5.69 Å². The SMILES string of the molecule is O=CNc1ccc(-n2nc(-c3cccnc3)cc2C(F)(P)P)nc1. The summed E-state index contributed by atoms with van der Waals surface area (Å²) in [6.07, 6.45) is 5.36. The van der Waals surface area contributed by atoms with Crippen LogP contribution in [0.2, 0.25) is 0 Å². The van der Waals surface area contributed by atoms with Gasteiger partial charge in [-0.15, -0.1) is 0 Å². The quantitative estimate of drug-likeness (QED) is 0.560. The highest BCUT2D eigenvalue weighted by Gasteiger charge is 2.27. The van der Waals surface area contributed by atoms with Crippen LogP contribution in [0.5, 0.6) is 0 Å². The molecule has 0 saturated heterocycles. The van der Waals surface area contributed by atoms with Crippen LogP contribution in [0, 0.1) is 0 Å². The molecule has 3 aromatic rings. The second-order valence-electron chi connectivity index (χ2n) is 5.00. The third-order valence-electron chi connectivity index (χ3n) is 3.25. The molecule has 0 saturated carbocycles. The molecule has 2 atom stereocenters. The summed E-state index contributed by atoms with van der Waals surface area (Å²) < 4.78 is 16.0. The van der Waals surface area contributed by atoms with E-state index < -0.39 is 5.15 Å². The molecule has 0 radical (unpaired) electrons. The Balaban J connectivity index is 2.08. The summed E-state index contributed by atoms with van der Waals surface area (Å²) in [5.41, 5.74) is 2.20. The van der Waals surface area contributed by atoms with Gasteiger partial charge in [0.25, 0.3) is 0 Å². The number of amides is 1. The Labute approximate surface area is 142 Å². The zero-order chi connectivity index (χ0) is 17.2. The molecule has 9 heteroatoms. The van der Waals surface area contributed by atoms with Crippen molar-refractivity contribution in [1.82, 2.24) is 19.7 Å². The van der Waals surface area contributed by atoms with Crippen molar-refractivity contribution < 1.29 is 9.18 Å². The van der Waals surface area contributed by atoms with E-state index in [1.54, 1.807) is 36.7 Å². The van der Waals surface area contributed by atoms with Crippen molar-refractivity contribution >= 4 is 30.6 Å². The van der Waals surface area contributed by atoms with Gasteiger partial charge in [0, 0.05) is 18.0 Å². The van der Waals surface area contributed by atoms with Crippen LogP contribution < -0.4 is 5.32 Å². The minimum atomic E-state index is -1.77. The third kappa shape index (κ3) is 3.48. The number of anilines is 1. The molecular formula is C15H14FN5OP2. The lowest BCUT2D eigenvalue weighted by atomic mass is 10.2. The summed E-state index contributed by atoms with van der Waals surface area (Å²) in [7, 11) is 4.25. The lowest BCUT2D eigenvalue weighted by molar-refractivity contribution is -0.105. The van der Waals surface area contributed by atoms with Crippen molar-refractivity contribution in [2.24, 2.45) is 0 Å². The van der Waals surface area contributed by atoms with Crippen LogP contribution in [0.3, 0.4) is 0 Å². The van der Waals surface area contributed by atoms with E-state index in [4.69, 9.17) is 0 Å². The largest absolute Gasteiger partial charge is 0.327 e. The molecule has 0 aromatic carbocycles. The summed E-state index contributed by atoms with van der Waals surface area (Å²) >= 11 is 0. The van der Waals surface area contributed by atoms with Gasteiger partial charge in [-0.05, 0) is 30.3 Å². The average molecular weight is 361 g/mol. The van der Waals surface area contributed by atoms with E-state index in [2.05, 4.69) is 38.9 Å². The summed E-state index contributed by atoms with van der Waals surface area (Å²) in [6.45, 7) is 0. The maximum absolute atomic E-state index is 14.6. The molecule has 0 fully saturated rings. The first-order valence-corrected chi connectivity index (χ1v) is 8.09. The Morgan fingerprint density at radius 1 is 1.25 bits per heavy atom. The smallest absolute Gasteiger partial charge is 0.211 e. The highest BCUT2D eigenvalue weighted by atomic mass is 31.1. The Morgan fingerprint density at radius 3 is 2.67 bits per heavy atom. The second-order valence-corrected chi connectivity index (χ2v) is 7.35. The molecule has 1 N–H and O–H groups in total. The predicted molar refractivity (Wildman–Crippen MR) is 96.5 cm³/mol. The number of carbonyl (C=O) groups excluding carboxylic acids is 1. The van der Waals surface area contributed by atoms with Gasteiger partial charge in [-0.2, -0.15) is 5.10 Å². The minimum Gasteiger partial charge on any atom is -0.327 e. The van der Waals surface area contributed by atoms with Gasteiger partial charge >= 0.3 is 0 Å². The van der Waals surface area contributed by atoms with Gasteiger partial charge in [0.15, 0.2) is 11.0 Å². The van der Waals surface area contributed by atoms with Crippen molar-refractivity contribution in [3.8, 4) is 17.1 Å². The number of rotatable bonds is 5. The molecule has 6 nitrogen and oxygen atoms in total. The van der Waals surface area contributed by atoms with E-state index in [0.29, 0.717) is 29.3 Å². The van der Waals surface area contributed by atoms with Crippen molar-refractivity contribution in [2.45, 2.75) is 5.15 Å². The number of aromatic nitrogens is 4. The van der Waals surface area contributed by atoms with E-state index in [-0.39, 0.29) is 0 Å². The molecule has 122 valence electrons. The second kappa shape index (κ2) is 6.71. The van der Waals surface area contributed by atoms with Gasteiger partial charge in [0.2, 0.25) is 6.41 Å². The van der Waals surface area contributed by atoms with Crippen LogP contribution in [0.4, 0.5) is 10.1 Å².